The zero-order valence-electron chi connectivity index (χ0n) is 12.1. The lowest BCUT2D eigenvalue weighted by molar-refractivity contribution is 0.101. The molecule has 0 fully saturated rings. The summed E-state index contributed by atoms with van der Waals surface area (Å²) in [6.45, 7) is 4.30. The monoisotopic (exact) mass is 299 g/mol. The molecule has 0 saturated carbocycles. The van der Waals surface area contributed by atoms with Crippen molar-refractivity contribution >= 4 is 22.8 Å². The van der Waals surface area contributed by atoms with E-state index in [0.717, 1.165) is 23.5 Å². The molecule has 21 heavy (non-hydrogen) atoms. The van der Waals surface area contributed by atoms with Gasteiger partial charge in [-0.25, -0.2) is 4.98 Å². The van der Waals surface area contributed by atoms with Crippen LogP contribution in [-0.2, 0) is 12.8 Å². The van der Waals surface area contributed by atoms with E-state index in [4.69, 9.17) is 5.26 Å². The molecule has 2 rings (SSSR count). The molecule has 4 nitrogen and oxygen atoms in total. The number of anilines is 1. The minimum atomic E-state index is -0.0103. The van der Waals surface area contributed by atoms with Gasteiger partial charge in [0.1, 0.15) is 0 Å². The van der Waals surface area contributed by atoms with Crippen LogP contribution in [0, 0.1) is 11.3 Å². The molecule has 0 bridgehead atoms. The molecular weight excluding hydrogens is 282 g/mol. The first-order valence-electron chi connectivity index (χ1n) is 6.86. The number of hydrogen-bond donors (Lipinski definition) is 1. The molecule has 0 amide bonds. The zero-order valence-corrected chi connectivity index (χ0v) is 13.0. The number of ketones is 1. The van der Waals surface area contributed by atoms with Gasteiger partial charge in [-0.2, -0.15) is 5.26 Å². The molecule has 108 valence electrons. The summed E-state index contributed by atoms with van der Waals surface area (Å²) in [6.07, 6.45) is 1.75. The maximum atomic E-state index is 11.6. The van der Waals surface area contributed by atoms with Crippen molar-refractivity contribution in [3.63, 3.8) is 0 Å². The van der Waals surface area contributed by atoms with Crippen LogP contribution in [0.4, 0.5) is 5.69 Å². The molecular formula is C16H17N3OS. The van der Waals surface area contributed by atoms with Crippen LogP contribution in [0.1, 0.15) is 40.5 Å². The highest BCUT2D eigenvalue weighted by Crippen LogP contribution is 2.18. The van der Waals surface area contributed by atoms with Crippen molar-refractivity contribution < 1.29 is 4.79 Å². The number of nitrogens with one attached hydrogen (secondary N) is 1. The topological polar surface area (TPSA) is 65.8 Å². The number of hydrogen-bond acceptors (Lipinski definition) is 5. The SMILES string of the molecule is CCc1nc(CCNc2cc(C#N)ccc2C(C)=O)cs1. The zero-order chi connectivity index (χ0) is 15.2. The third kappa shape index (κ3) is 3.89. The van der Waals surface area contributed by atoms with Gasteiger partial charge in [0.2, 0.25) is 0 Å². The Labute approximate surface area is 128 Å². The van der Waals surface area contributed by atoms with Crippen LogP contribution < -0.4 is 5.32 Å². The van der Waals surface area contributed by atoms with Gasteiger partial charge in [-0.05, 0) is 31.5 Å². The number of carbonyl (C=O) groups excluding carboxylic acids is 1. The number of nitrogens with zero attached hydrogens (tertiary/aromatic N) is 2. The van der Waals surface area contributed by atoms with Crippen molar-refractivity contribution in [2.45, 2.75) is 26.7 Å². The number of nitriles is 1. The summed E-state index contributed by atoms with van der Waals surface area (Å²) in [5.41, 5.74) is 2.93. The summed E-state index contributed by atoms with van der Waals surface area (Å²) in [4.78, 5) is 16.1. The molecule has 0 unspecified atom stereocenters. The Balaban J connectivity index is 2.05. The third-order valence-electron chi connectivity index (χ3n) is 3.13. The minimum Gasteiger partial charge on any atom is -0.384 e. The van der Waals surface area contributed by atoms with Crippen molar-refractivity contribution in [2.75, 3.05) is 11.9 Å². The summed E-state index contributed by atoms with van der Waals surface area (Å²) >= 11 is 1.67. The van der Waals surface area contributed by atoms with Gasteiger partial charge in [0.15, 0.2) is 5.78 Å². The average Bonchev–Trinajstić information content (AvgIpc) is 2.95. The number of thiazole rings is 1. The van der Waals surface area contributed by atoms with E-state index >= 15 is 0 Å². The Kier molecular flexibility index (Phi) is 5.07. The van der Waals surface area contributed by atoms with E-state index in [2.05, 4.69) is 28.7 Å². The number of aromatic nitrogens is 1. The van der Waals surface area contributed by atoms with Crippen LogP contribution in [0.25, 0.3) is 0 Å². The largest absolute Gasteiger partial charge is 0.384 e. The second kappa shape index (κ2) is 7.00. The Morgan fingerprint density at radius 2 is 2.29 bits per heavy atom. The van der Waals surface area contributed by atoms with E-state index in [1.54, 1.807) is 29.5 Å². The predicted molar refractivity (Wildman–Crippen MR) is 84.8 cm³/mol. The van der Waals surface area contributed by atoms with Gasteiger partial charge in [-0.15, -0.1) is 11.3 Å². The number of carbonyl (C=O) groups is 1. The normalized spacial score (nSPS) is 10.1. The van der Waals surface area contributed by atoms with Gasteiger partial charge in [-0.3, -0.25) is 4.79 Å². The third-order valence-corrected chi connectivity index (χ3v) is 4.17. The first-order valence-corrected chi connectivity index (χ1v) is 7.74. The smallest absolute Gasteiger partial charge is 0.161 e. The van der Waals surface area contributed by atoms with Gasteiger partial charge in [-0.1, -0.05) is 6.92 Å². The lowest BCUT2D eigenvalue weighted by Crippen LogP contribution is -2.09. The van der Waals surface area contributed by atoms with Gasteiger partial charge >= 0.3 is 0 Å². The fraction of sp³-hybridized carbons (Fsp3) is 0.312. The van der Waals surface area contributed by atoms with Crippen molar-refractivity contribution in [2.24, 2.45) is 0 Å². The van der Waals surface area contributed by atoms with Crippen LogP contribution in [0.5, 0.6) is 0 Å². The lowest BCUT2D eigenvalue weighted by atomic mass is 10.1. The maximum Gasteiger partial charge on any atom is 0.161 e. The fourth-order valence-electron chi connectivity index (χ4n) is 2.02. The molecule has 2 aromatic rings. The van der Waals surface area contributed by atoms with Crippen LogP contribution in [0.15, 0.2) is 23.6 Å². The molecule has 5 heteroatoms. The molecule has 0 aliphatic carbocycles. The van der Waals surface area contributed by atoms with E-state index in [-0.39, 0.29) is 5.78 Å². The Morgan fingerprint density at radius 1 is 1.48 bits per heavy atom. The first-order chi connectivity index (χ1) is 10.1. The van der Waals surface area contributed by atoms with Crippen molar-refractivity contribution in [1.82, 2.24) is 4.98 Å². The Morgan fingerprint density at radius 3 is 2.90 bits per heavy atom. The maximum absolute atomic E-state index is 11.6. The van der Waals surface area contributed by atoms with Gasteiger partial charge in [0.25, 0.3) is 0 Å². The number of Topliss-reactive ketones (excluding diaryl/α,β-unsaturated/α-hetero) is 1. The first kappa shape index (κ1) is 15.2. The van der Waals surface area contributed by atoms with E-state index < -0.39 is 0 Å². The van der Waals surface area contributed by atoms with Crippen molar-refractivity contribution in [3.8, 4) is 6.07 Å². The number of aryl methyl sites for hydroxylation is 1. The Hall–Kier alpha value is -2.19. The number of benzene rings is 1. The average molecular weight is 299 g/mol. The highest BCUT2D eigenvalue weighted by atomic mass is 32.1. The highest BCUT2D eigenvalue weighted by molar-refractivity contribution is 7.09. The second-order valence-electron chi connectivity index (χ2n) is 4.69. The molecule has 1 aromatic heterocycles. The van der Waals surface area contributed by atoms with E-state index in [0.29, 0.717) is 23.4 Å². The minimum absolute atomic E-state index is 0.0103. The lowest BCUT2D eigenvalue weighted by Gasteiger charge is -2.10. The van der Waals surface area contributed by atoms with Gasteiger partial charge in [0.05, 0.1) is 22.3 Å². The second-order valence-corrected chi connectivity index (χ2v) is 5.63. The summed E-state index contributed by atoms with van der Waals surface area (Å²) in [5.74, 6) is -0.0103. The summed E-state index contributed by atoms with van der Waals surface area (Å²) in [7, 11) is 0. The summed E-state index contributed by atoms with van der Waals surface area (Å²) in [5, 5.41) is 15.4. The van der Waals surface area contributed by atoms with Crippen molar-refractivity contribution in [3.05, 3.63) is 45.4 Å². The molecule has 0 radical (unpaired) electrons. The summed E-state index contributed by atoms with van der Waals surface area (Å²) in [6, 6.07) is 7.17. The standard InChI is InChI=1S/C16H17N3OS/c1-3-16-19-13(10-21-16)6-7-18-15-8-12(9-17)4-5-14(15)11(2)20/h4-5,8,10,18H,3,6-7H2,1-2H3. The van der Waals surface area contributed by atoms with E-state index in [9.17, 15) is 4.79 Å². The predicted octanol–water partition coefficient (Wildman–Crippen LogP) is 3.43. The molecule has 0 saturated heterocycles. The van der Waals surface area contributed by atoms with Crippen LogP contribution >= 0.6 is 11.3 Å². The molecule has 1 heterocycles. The molecule has 1 N–H and O–H groups in total. The van der Waals surface area contributed by atoms with Crippen LogP contribution in [0.2, 0.25) is 0 Å². The molecule has 0 spiro atoms. The highest BCUT2D eigenvalue weighted by Gasteiger charge is 2.08. The van der Waals surface area contributed by atoms with Crippen LogP contribution in [-0.4, -0.2) is 17.3 Å². The number of rotatable bonds is 6. The van der Waals surface area contributed by atoms with Gasteiger partial charge in [0, 0.05) is 29.6 Å². The summed E-state index contributed by atoms with van der Waals surface area (Å²) < 4.78 is 0. The van der Waals surface area contributed by atoms with Gasteiger partial charge < -0.3 is 5.32 Å². The quantitative estimate of drug-likeness (QED) is 0.830. The molecule has 0 aliphatic heterocycles. The van der Waals surface area contributed by atoms with E-state index in [1.165, 1.54) is 6.92 Å². The van der Waals surface area contributed by atoms with Crippen LogP contribution in [0.3, 0.4) is 0 Å². The molecule has 0 atom stereocenters. The molecule has 0 aliphatic rings. The Bertz CT molecular complexity index is 685. The van der Waals surface area contributed by atoms with Crippen molar-refractivity contribution in [1.29, 1.82) is 5.26 Å². The fourth-order valence-corrected chi connectivity index (χ4v) is 2.80. The molecule has 1 aromatic carbocycles. The van der Waals surface area contributed by atoms with E-state index in [1.807, 2.05) is 0 Å².